The lowest BCUT2D eigenvalue weighted by Crippen LogP contribution is -2.09. The number of aromatic nitrogens is 3. The van der Waals surface area contributed by atoms with Gasteiger partial charge in [0.25, 0.3) is 0 Å². The molecule has 11 aromatic rings. The van der Waals surface area contributed by atoms with Crippen molar-refractivity contribution in [2.75, 3.05) is 4.90 Å². The highest BCUT2D eigenvalue weighted by Crippen LogP contribution is 2.40. The Balaban J connectivity index is 0.872. The zero-order valence-corrected chi connectivity index (χ0v) is 34.8. The summed E-state index contributed by atoms with van der Waals surface area (Å²) in [7, 11) is 0. The second kappa shape index (κ2) is 16.5. The number of hydrogen-bond acceptors (Lipinski definition) is 3. The van der Waals surface area contributed by atoms with Crippen LogP contribution in [0, 0.1) is 6.57 Å². The van der Waals surface area contributed by atoms with E-state index in [4.69, 9.17) is 16.5 Å². The van der Waals surface area contributed by atoms with Gasteiger partial charge >= 0.3 is 0 Å². The van der Waals surface area contributed by atoms with Crippen LogP contribution in [0.15, 0.2) is 237 Å². The molecule has 11 rings (SSSR count). The van der Waals surface area contributed by atoms with Gasteiger partial charge in [-0.2, -0.15) is 0 Å². The van der Waals surface area contributed by atoms with Gasteiger partial charge in [-0.3, -0.25) is 0 Å². The fraction of sp³-hybridized carbons (Fsp3) is 0. The van der Waals surface area contributed by atoms with Crippen LogP contribution < -0.4 is 4.90 Å². The molecule has 9 aromatic carbocycles. The van der Waals surface area contributed by atoms with Crippen LogP contribution in [0.25, 0.3) is 88.5 Å². The molecule has 0 bridgehead atoms. The van der Waals surface area contributed by atoms with Crippen molar-refractivity contribution in [3.8, 4) is 61.8 Å². The fourth-order valence-corrected chi connectivity index (χ4v) is 8.67. The van der Waals surface area contributed by atoms with Crippen molar-refractivity contribution in [3.63, 3.8) is 0 Å². The van der Waals surface area contributed by atoms with Crippen molar-refractivity contribution in [2.24, 2.45) is 0 Å². The Morgan fingerprint density at radius 3 is 1.44 bits per heavy atom. The number of para-hydroxylation sites is 3. The molecule has 5 nitrogen and oxygen atoms in total. The van der Waals surface area contributed by atoms with Crippen molar-refractivity contribution in [3.05, 3.63) is 248 Å². The van der Waals surface area contributed by atoms with Crippen LogP contribution in [-0.2, 0) is 0 Å². The molecule has 2 aromatic heterocycles. The molecule has 64 heavy (non-hydrogen) atoms. The van der Waals surface area contributed by atoms with Crippen LogP contribution in [0.1, 0.15) is 0 Å². The van der Waals surface area contributed by atoms with Gasteiger partial charge in [-0.15, -0.1) is 0 Å². The maximum absolute atomic E-state index is 7.51. The Bertz CT molecular complexity index is 3420. The molecule has 0 saturated carbocycles. The highest BCUT2D eigenvalue weighted by atomic mass is 15.1. The quantitative estimate of drug-likeness (QED) is 0.136. The van der Waals surface area contributed by atoms with Crippen molar-refractivity contribution in [2.45, 2.75) is 0 Å². The summed E-state index contributed by atoms with van der Waals surface area (Å²) >= 11 is 0. The zero-order chi connectivity index (χ0) is 42.8. The summed E-state index contributed by atoms with van der Waals surface area (Å²) in [5.74, 6) is 0.591. The van der Waals surface area contributed by atoms with Gasteiger partial charge in [0.2, 0.25) is 0 Å². The molecule has 0 fully saturated rings. The molecular weight excluding hydrogens is 779 g/mol. The zero-order valence-electron chi connectivity index (χ0n) is 34.8. The summed E-state index contributed by atoms with van der Waals surface area (Å²) in [5, 5.41) is 2.43. The van der Waals surface area contributed by atoms with Gasteiger partial charge in [0.05, 0.1) is 29.0 Å². The predicted octanol–water partition coefficient (Wildman–Crippen LogP) is 15.9. The molecule has 0 amide bonds. The Morgan fingerprint density at radius 2 is 0.844 bits per heavy atom. The van der Waals surface area contributed by atoms with Crippen LogP contribution in [0.5, 0.6) is 0 Å². The third kappa shape index (κ3) is 7.26. The molecule has 0 spiro atoms. The summed E-state index contributed by atoms with van der Waals surface area (Å²) in [6.45, 7) is 7.51. The number of rotatable bonds is 9. The van der Waals surface area contributed by atoms with Crippen LogP contribution in [-0.4, -0.2) is 14.5 Å². The van der Waals surface area contributed by atoms with E-state index < -0.39 is 0 Å². The van der Waals surface area contributed by atoms with E-state index >= 15 is 0 Å². The maximum atomic E-state index is 7.51. The molecule has 300 valence electrons. The summed E-state index contributed by atoms with van der Waals surface area (Å²) in [4.78, 5) is 15.9. The normalized spacial score (nSPS) is 11.1. The number of fused-ring (bicyclic) bond motifs is 3. The smallest absolute Gasteiger partial charge is 0.187 e. The van der Waals surface area contributed by atoms with E-state index in [0.717, 1.165) is 78.6 Å². The van der Waals surface area contributed by atoms with E-state index in [9.17, 15) is 0 Å². The van der Waals surface area contributed by atoms with E-state index in [-0.39, 0.29) is 0 Å². The van der Waals surface area contributed by atoms with E-state index in [1.165, 1.54) is 16.3 Å². The molecule has 2 heterocycles. The molecule has 0 N–H and O–H groups in total. The molecule has 0 aliphatic rings. The molecule has 0 aliphatic heterocycles. The highest BCUT2D eigenvalue weighted by molar-refractivity contribution is 6.10. The van der Waals surface area contributed by atoms with E-state index in [1.54, 1.807) is 6.07 Å². The van der Waals surface area contributed by atoms with Gasteiger partial charge in [0.1, 0.15) is 0 Å². The lowest BCUT2D eigenvalue weighted by molar-refractivity contribution is 1.18. The molecule has 0 radical (unpaired) electrons. The third-order valence-corrected chi connectivity index (χ3v) is 11.8. The van der Waals surface area contributed by atoms with Crippen LogP contribution in [0.4, 0.5) is 22.7 Å². The van der Waals surface area contributed by atoms with E-state index in [0.29, 0.717) is 11.5 Å². The maximum Gasteiger partial charge on any atom is 0.187 e. The Kier molecular flexibility index (Phi) is 9.85. The van der Waals surface area contributed by atoms with Crippen molar-refractivity contribution >= 4 is 44.6 Å². The number of nitrogens with zero attached hydrogens (tertiary/aromatic N) is 5. The third-order valence-electron chi connectivity index (χ3n) is 11.8. The van der Waals surface area contributed by atoms with Crippen LogP contribution in [0.2, 0.25) is 0 Å². The summed E-state index contributed by atoms with van der Waals surface area (Å²) in [6, 6.07) is 82.5. The summed E-state index contributed by atoms with van der Waals surface area (Å²) in [5.41, 5.74) is 16.4. The first-order chi connectivity index (χ1) is 31.7. The monoisotopic (exact) mass is 817 g/mol. The van der Waals surface area contributed by atoms with Crippen LogP contribution >= 0.6 is 0 Å². The van der Waals surface area contributed by atoms with Gasteiger partial charge in [0, 0.05) is 50.2 Å². The number of benzene rings is 9. The second-order valence-corrected chi connectivity index (χ2v) is 15.8. The van der Waals surface area contributed by atoms with Crippen molar-refractivity contribution < 1.29 is 0 Å². The largest absolute Gasteiger partial charge is 0.310 e. The summed E-state index contributed by atoms with van der Waals surface area (Å²) in [6.07, 6.45) is 0. The lowest BCUT2D eigenvalue weighted by atomic mass is 9.98. The number of hydrogen-bond donors (Lipinski definition) is 0. The second-order valence-electron chi connectivity index (χ2n) is 15.8. The van der Waals surface area contributed by atoms with Gasteiger partial charge < -0.3 is 9.47 Å². The van der Waals surface area contributed by atoms with Gasteiger partial charge in [0.15, 0.2) is 11.5 Å². The lowest BCUT2D eigenvalue weighted by Gasteiger charge is -2.25. The predicted molar refractivity (Wildman–Crippen MR) is 264 cm³/mol. The SMILES string of the molecule is [C-]#[N+]c1cccc(-c2nc(-c3ccccc3)cc(-c3ccc(-c4ccc(-c5ccc(-n6c7ccccc7c7cc(N(c8ccccc8)c8ccccc8)ccc76)cc5)cc4)cc3)n2)c1. The average Bonchev–Trinajstić information content (AvgIpc) is 3.71. The van der Waals surface area contributed by atoms with E-state index in [1.807, 2.05) is 42.5 Å². The van der Waals surface area contributed by atoms with Crippen molar-refractivity contribution in [1.82, 2.24) is 14.5 Å². The van der Waals surface area contributed by atoms with Gasteiger partial charge in [-0.1, -0.05) is 164 Å². The minimum Gasteiger partial charge on any atom is -0.310 e. The minimum absolute atomic E-state index is 0.560. The topological polar surface area (TPSA) is 38.3 Å². The fourth-order valence-electron chi connectivity index (χ4n) is 8.67. The number of anilines is 3. The molecule has 0 aliphatic carbocycles. The average molecular weight is 818 g/mol. The molecule has 0 unspecified atom stereocenters. The molecule has 5 heteroatoms. The van der Waals surface area contributed by atoms with Gasteiger partial charge in [-0.25, -0.2) is 14.8 Å². The highest BCUT2D eigenvalue weighted by Gasteiger charge is 2.18. The standard InChI is InChI=1S/C59H39N5/c1-60-48-17-13-16-47(38-48)59-61-55(45-14-5-2-6-15-45)40-56(62-59)46-30-28-43(29-31-46)41-24-26-42(27-25-41)44-32-34-51(35-33-44)64-57-23-12-11-22-53(57)54-39-52(36-37-58(54)64)63(49-18-7-3-8-19-49)50-20-9-4-10-21-50/h2-40H. The van der Waals surface area contributed by atoms with Crippen LogP contribution in [0.3, 0.4) is 0 Å². The molecule has 0 atom stereocenters. The minimum atomic E-state index is 0.560. The first-order valence-corrected chi connectivity index (χ1v) is 21.3. The van der Waals surface area contributed by atoms with E-state index in [2.05, 4.69) is 202 Å². The Hall–Kier alpha value is -8.85. The first-order valence-electron chi connectivity index (χ1n) is 21.3. The summed E-state index contributed by atoms with van der Waals surface area (Å²) < 4.78 is 2.37. The first kappa shape index (κ1) is 38.1. The molecular formula is C59H39N5. The van der Waals surface area contributed by atoms with Gasteiger partial charge in [-0.05, 0) is 95.1 Å². The molecule has 0 saturated heterocycles. The Labute approximate surface area is 372 Å². The Morgan fingerprint density at radius 1 is 0.359 bits per heavy atom. The van der Waals surface area contributed by atoms with Crippen molar-refractivity contribution in [1.29, 1.82) is 0 Å².